The molecule has 0 heterocycles. The second-order valence-electron chi connectivity index (χ2n) is 18.2. The van der Waals surface area contributed by atoms with Gasteiger partial charge in [0.1, 0.15) is 10.6 Å². The van der Waals surface area contributed by atoms with Gasteiger partial charge in [0.05, 0.1) is 51.3 Å². The van der Waals surface area contributed by atoms with Crippen LogP contribution in [-0.4, -0.2) is 40.9 Å². The first-order chi connectivity index (χ1) is 37.0. The van der Waals surface area contributed by atoms with E-state index in [4.69, 9.17) is 20.0 Å². The number of aromatic hydroxyl groups is 1. The van der Waals surface area contributed by atoms with Crippen LogP contribution >= 0.6 is 0 Å². The molecule has 8 aromatic carbocycles. The third-order valence-corrected chi connectivity index (χ3v) is 13.4. The number of nitrogens with one attached hydrogen (secondary N) is 3. The van der Waals surface area contributed by atoms with Crippen molar-refractivity contribution in [2.45, 2.75) is 31.1 Å². The van der Waals surface area contributed by atoms with Crippen molar-refractivity contribution in [2.75, 3.05) is 16.0 Å². The zero-order chi connectivity index (χ0) is 52.3. The maximum atomic E-state index is 12.7. The van der Waals surface area contributed by atoms with Crippen molar-refractivity contribution in [3.8, 4) is 5.75 Å². The number of para-hydroxylation sites is 1. The first kappa shape index (κ1) is 50.1. The van der Waals surface area contributed by atoms with E-state index in [1.165, 1.54) is 17.7 Å². The van der Waals surface area contributed by atoms with Gasteiger partial charge in [0.25, 0.3) is 10.1 Å². The quantitative estimate of drug-likeness (QED) is 0.0476. The van der Waals surface area contributed by atoms with Crippen LogP contribution in [-0.2, 0) is 29.4 Å². The maximum Gasteiger partial charge on any atom is 0.296 e. The molecule has 2 aliphatic rings. The lowest BCUT2D eigenvalue weighted by atomic mass is 10.0. The van der Waals surface area contributed by atoms with Gasteiger partial charge in [-0.05, 0) is 205 Å². The van der Waals surface area contributed by atoms with Crippen LogP contribution in [0.3, 0.4) is 0 Å². The fraction of sp³-hybridized carbons (Fsp3) is 0.0625. The van der Waals surface area contributed by atoms with Gasteiger partial charge >= 0.3 is 0 Å². The molecule has 12 heteroatoms. The molecule has 0 atom stereocenters. The molecule has 5 N–H and O–H groups in total. The van der Waals surface area contributed by atoms with Gasteiger partial charge in [-0.2, -0.15) is 8.42 Å². The molecule has 10 rings (SSSR count). The standard InChI is InChI=1S/C64H53N7O4S/c1-2-44-8-16-50(17-9-44)66-54-28-34-58(35-29-54)70-60-38-32-56(33-39-60)68-52-20-14-47(15-21-52)41-48-42-64(76(73,74)75)62(43-63(48)72)71-61-22-12-46(13-23-61)40-45-10-18-51(19-11-45)67-55-30-36-59(37-31-55)69-57-26-24-53(25-27-57)65-49-6-4-3-5-7-49/h3-39,42-43,65-66,71-72H,2,40-41H2,1H3,(H,73,74,75). The summed E-state index contributed by atoms with van der Waals surface area (Å²) in [6, 6.07) is 60.1. The number of hydrogen-bond donors (Lipinski definition) is 5. The van der Waals surface area contributed by atoms with E-state index in [9.17, 15) is 18.1 Å². The van der Waals surface area contributed by atoms with Crippen molar-refractivity contribution in [1.82, 2.24) is 0 Å². The Kier molecular flexibility index (Phi) is 15.3. The number of aliphatic imine (C=N–C) groups is 4. The second kappa shape index (κ2) is 23.2. The fourth-order valence-corrected chi connectivity index (χ4v) is 9.15. The highest BCUT2D eigenvalue weighted by Crippen LogP contribution is 2.34. The summed E-state index contributed by atoms with van der Waals surface area (Å²) in [7, 11) is -4.67. The smallest absolute Gasteiger partial charge is 0.296 e. The summed E-state index contributed by atoms with van der Waals surface area (Å²) in [5, 5.41) is 21.0. The Hall–Kier alpha value is -9.49. The van der Waals surface area contributed by atoms with Crippen molar-refractivity contribution in [3.05, 3.63) is 264 Å². The third-order valence-electron chi connectivity index (χ3n) is 12.5. The Bertz CT molecular complexity index is 3700. The van der Waals surface area contributed by atoms with Gasteiger partial charge in [0.2, 0.25) is 0 Å². The van der Waals surface area contributed by atoms with Crippen LogP contribution in [0.25, 0.3) is 0 Å². The van der Waals surface area contributed by atoms with Crippen LogP contribution in [0.5, 0.6) is 5.75 Å². The molecule has 0 saturated carbocycles. The molecule has 0 saturated heterocycles. The summed E-state index contributed by atoms with van der Waals surface area (Å²) in [6.07, 6.45) is 17.3. The average Bonchev–Trinajstić information content (AvgIpc) is 3.43. The van der Waals surface area contributed by atoms with Crippen LogP contribution in [0, 0.1) is 0 Å². The number of nitrogens with zero attached hydrogens (tertiary/aromatic N) is 4. The lowest BCUT2D eigenvalue weighted by Crippen LogP contribution is -2.05. The third kappa shape index (κ3) is 13.6. The molecule has 8 aromatic rings. The van der Waals surface area contributed by atoms with E-state index >= 15 is 0 Å². The van der Waals surface area contributed by atoms with E-state index < -0.39 is 10.1 Å². The normalized spacial score (nSPS) is 12.9. The van der Waals surface area contributed by atoms with Crippen molar-refractivity contribution in [3.63, 3.8) is 0 Å². The largest absolute Gasteiger partial charge is 0.508 e. The summed E-state index contributed by atoms with van der Waals surface area (Å²) in [5.41, 5.74) is 15.7. The van der Waals surface area contributed by atoms with Crippen molar-refractivity contribution < 1.29 is 18.1 Å². The van der Waals surface area contributed by atoms with E-state index in [1.54, 1.807) is 0 Å². The van der Waals surface area contributed by atoms with E-state index in [2.05, 4.69) is 47.1 Å². The zero-order valence-electron chi connectivity index (χ0n) is 41.5. The molecule has 0 radical (unpaired) electrons. The van der Waals surface area contributed by atoms with Gasteiger partial charge in [-0.25, -0.2) is 20.0 Å². The molecule has 76 heavy (non-hydrogen) atoms. The van der Waals surface area contributed by atoms with Gasteiger partial charge in [-0.1, -0.05) is 73.7 Å². The summed E-state index contributed by atoms with van der Waals surface area (Å²) >= 11 is 0. The monoisotopic (exact) mass is 1020 g/mol. The zero-order valence-corrected chi connectivity index (χ0v) is 42.4. The highest BCUT2D eigenvalue weighted by molar-refractivity contribution is 7.86. The minimum atomic E-state index is -4.67. The molecule has 0 unspecified atom stereocenters. The molecule has 0 fully saturated rings. The van der Waals surface area contributed by atoms with E-state index in [1.807, 2.05) is 200 Å². The molecular weight excluding hydrogens is 963 g/mol. The highest BCUT2D eigenvalue weighted by atomic mass is 32.2. The van der Waals surface area contributed by atoms with Gasteiger partial charge < -0.3 is 21.1 Å². The lowest BCUT2D eigenvalue weighted by Gasteiger charge is -2.14. The molecule has 0 aliphatic heterocycles. The number of aryl methyl sites for hydroxylation is 1. The fourth-order valence-electron chi connectivity index (χ4n) is 8.47. The molecule has 0 spiro atoms. The number of rotatable bonds is 16. The summed E-state index contributed by atoms with van der Waals surface area (Å²) < 4.78 is 35.7. The minimum absolute atomic E-state index is 0.0504. The van der Waals surface area contributed by atoms with Crippen LogP contribution in [0.2, 0.25) is 0 Å². The maximum absolute atomic E-state index is 12.7. The average molecular weight is 1020 g/mol. The predicted octanol–water partition coefficient (Wildman–Crippen LogP) is 15.6. The Labute approximate surface area is 443 Å². The molecule has 11 nitrogen and oxygen atoms in total. The summed E-state index contributed by atoms with van der Waals surface area (Å²) in [5.74, 6) is -0.117. The number of anilines is 6. The Balaban J connectivity index is 0.710. The van der Waals surface area contributed by atoms with E-state index in [0.717, 1.165) is 91.5 Å². The van der Waals surface area contributed by atoms with E-state index in [-0.39, 0.29) is 22.8 Å². The predicted molar refractivity (Wildman–Crippen MR) is 313 cm³/mol. The van der Waals surface area contributed by atoms with Crippen LogP contribution in [0.1, 0.15) is 34.7 Å². The van der Waals surface area contributed by atoms with E-state index in [0.29, 0.717) is 17.7 Å². The first-order valence-corrected chi connectivity index (χ1v) is 26.3. The van der Waals surface area contributed by atoms with Crippen molar-refractivity contribution in [1.29, 1.82) is 0 Å². The van der Waals surface area contributed by atoms with Crippen molar-refractivity contribution >= 4 is 89.8 Å². The molecule has 0 amide bonds. The number of hydrogen-bond acceptors (Lipinski definition) is 10. The number of benzene rings is 8. The van der Waals surface area contributed by atoms with Gasteiger partial charge in [0, 0.05) is 40.9 Å². The highest BCUT2D eigenvalue weighted by Gasteiger charge is 2.20. The number of phenols is 1. The first-order valence-electron chi connectivity index (χ1n) is 24.8. The molecule has 0 bridgehead atoms. The van der Waals surface area contributed by atoms with Gasteiger partial charge in [-0.15, -0.1) is 0 Å². The molecule has 0 aromatic heterocycles. The second-order valence-corrected chi connectivity index (χ2v) is 19.6. The Morgan fingerprint density at radius 2 is 0.724 bits per heavy atom. The molecular formula is C64H53N7O4S. The summed E-state index contributed by atoms with van der Waals surface area (Å²) in [4.78, 5) is 18.7. The lowest BCUT2D eigenvalue weighted by molar-refractivity contribution is 0.467. The summed E-state index contributed by atoms with van der Waals surface area (Å²) in [6.45, 7) is 2.14. The Morgan fingerprint density at radius 1 is 0.395 bits per heavy atom. The molecule has 2 aliphatic carbocycles. The Morgan fingerprint density at radius 3 is 1.12 bits per heavy atom. The van der Waals surface area contributed by atoms with Gasteiger partial charge in [-0.3, -0.25) is 4.55 Å². The van der Waals surface area contributed by atoms with Crippen LogP contribution < -0.4 is 16.0 Å². The number of allylic oxidation sites excluding steroid dienone is 8. The van der Waals surface area contributed by atoms with Crippen LogP contribution in [0.4, 0.5) is 56.9 Å². The van der Waals surface area contributed by atoms with Gasteiger partial charge in [0.15, 0.2) is 0 Å². The number of phenolic OH excluding ortho intramolecular Hbond substituents is 1. The van der Waals surface area contributed by atoms with Crippen LogP contribution in [0.15, 0.2) is 262 Å². The van der Waals surface area contributed by atoms with Crippen molar-refractivity contribution in [2.24, 2.45) is 20.0 Å². The minimum Gasteiger partial charge on any atom is -0.508 e. The SMILES string of the molecule is CCc1ccc(Nc2ccc(N=C3C=CC(=Nc4ccc(Cc5cc(S(=O)(=O)O)c(Nc6ccc(Cc7ccc(N=C8C=CC(=Nc9ccc(Nc%10ccccc%10)cc9)C=C8)cc7)cc6)cc5O)cc4)C=C3)cc2)cc1. The molecule has 374 valence electrons. The topological polar surface area (TPSA) is 160 Å².